The Morgan fingerprint density at radius 2 is 0.459 bits per heavy atom. The lowest BCUT2D eigenvalue weighted by Crippen LogP contribution is -2.44. The molecule has 0 amide bonds. The van der Waals surface area contributed by atoms with Crippen molar-refractivity contribution in [3.8, 4) is 0 Å². The highest BCUT2D eigenvalue weighted by Gasteiger charge is 2.40. The molecule has 61 heavy (non-hydrogen) atoms. The Bertz CT molecular complexity index is 870. The van der Waals surface area contributed by atoms with Gasteiger partial charge in [-0.15, -0.1) is 0 Å². The van der Waals surface area contributed by atoms with Crippen LogP contribution in [0.3, 0.4) is 0 Å². The van der Waals surface area contributed by atoms with E-state index >= 15 is 0 Å². The Labute approximate surface area is 376 Å². The lowest BCUT2D eigenvalue weighted by atomic mass is 10.3. The molecule has 372 valence electrons. The minimum atomic E-state index is -2.53. The zero-order chi connectivity index (χ0) is 47.3. The summed E-state index contributed by atoms with van der Waals surface area (Å²) in [7, 11) is 16.2. The van der Waals surface area contributed by atoms with Gasteiger partial charge in [0.05, 0.1) is 13.2 Å². The smallest absolute Gasteiger partial charge is 0.395 e. The van der Waals surface area contributed by atoms with E-state index in [9.17, 15) is 5.11 Å². The largest absolute Gasteiger partial charge is 0.500 e. The molecule has 0 aromatic heterocycles. The fourth-order valence-electron chi connectivity index (χ4n) is 6.39. The van der Waals surface area contributed by atoms with Crippen molar-refractivity contribution < 1.29 is 76.6 Å². The van der Waals surface area contributed by atoms with Crippen molar-refractivity contribution in [2.75, 3.05) is 180 Å². The van der Waals surface area contributed by atoms with Crippen LogP contribution in [0.5, 0.6) is 0 Å². The minimum Gasteiger partial charge on any atom is -0.395 e. The second kappa shape index (κ2) is 39.5. The first kappa shape index (κ1) is 65.6. The maximum atomic E-state index is 9.26. The van der Waals surface area contributed by atoms with Crippen LogP contribution in [0.25, 0.3) is 0 Å². The third-order valence-electron chi connectivity index (χ3n) is 10.5. The first-order valence-corrected chi connectivity index (χ1v) is 30.4. The molecular formula is C36H91N3O17Si5. The first-order chi connectivity index (χ1) is 29.1. The van der Waals surface area contributed by atoms with Crippen molar-refractivity contribution >= 4 is 44.0 Å². The SMILES string of the molecule is CO[Si](CCCN(C)CCC[Si](OC)(OC)OC)(OC)OC.CO[Si](CCCN(C)CCO)(OC)OC.CO[Si](CCCN(CCO)CCC[Si](OC)(OC)OC)(OC)OC. The zero-order valence-corrected chi connectivity index (χ0v) is 46.3. The zero-order valence-electron chi connectivity index (χ0n) is 41.3. The fourth-order valence-corrected chi connectivity index (χ4v) is 14.9. The maximum absolute atomic E-state index is 9.26. The van der Waals surface area contributed by atoms with Gasteiger partial charge in [0.1, 0.15) is 0 Å². The van der Waals surface area contributed by atoms with Gasteiger partial charge in [-0.2, -0.15) is 0 Å². The van der Waals surface area contributed by atoms with Crippen molar-refractivity contribution in [3.63, 3.8) is 0 Å². The normalized spacial score (nSPS) is 12.9. The van der Waals surface area contributed by atoms with Gasteiger partial charge in [-0.05, 0) is 78.9 Å². The molecule has 0 fully saturated rings. The number of aliphatic hydroxyl groups is 2. The monoisotopic (exact) mass is 978 g/mol. The Morgan fingerprint density at radius 3 is 0.639 bits per heavy atom. The summed E-state index contributed by atoms with van der Waals surface area (Å²) >= 11 is 0. The highest BCUT2D eigenvalue weighted by atomic mass is 28.4. The lowest BCUT2D eigenvalue weighted by Gasteiger charge is -2.28. The molecule has 25 heteroatoms. The van der Waals surface area contributed by atoms with Crippen LogP contribution in [0.15, 0.2) is 0 Å². The van der Waals surface area contributed by atoms with Gasteiger partial charge in [-0.25, -0.2) is 0 Å². The highest BCUT2D eigenvalue weighted by molar-refractivity contribution is 6.62. The maximum Gasteiger partial charge on any atom is 0.500 e. The molecule has 0 aromatic rings. The van der Waals surface area contributed by atoms with E-state index in [0.717, 1.165) is 95.0 Å². The molecule has 0 aliphatic heterocycles. The quantitative estimate of drug-likeness (QED) is 0.0855. The molecule has 0 aromatic carbocycles. The first-order valence-electron chi connectivity index (χ1n) is 20.7. The molecule has 0 rings (SSSR count). The van der Waals surface area contributed by atoms with E-state index in [0.29, 0.717) is 13.1 Å². The highest BCUT2D eigenvalue weighted by Crippen LogP contribution is 2.20. The summed E-state index contributed by atoms with van der Waals surface area (Å²) < 4.78 is 81.0. The Balaban J connectivity index is -0.000000849. The van der Waals surface area contributed by atoms with Gasteiger partial charge >= 0.3 is 44.0 Å². The van der Waals surface area contributed by atoms with Crippen LogP contribution in [-0.2, 0) is 66.4 Å². The van der Waals surface area contributed by atoms with Gasteiger partial charge in [0.2, 0.25) is 0 Å². The molecule has 2 N–H and O–H groups in total. The van der Waals surface area contributed by atoms with Gasteiger partial charge in [0, 0.05) is 150 Å². The Kier molecular flexibility index (Phi) is 42.4. The molecule has 0 atom stereocenters. The molecule has 20 nitrogen and oxygen atoms in total. The third-order valence-corrected chi connectivity index (χ3v) is 24.7. The number of nitrogens with zero attached hydrogens (tertiary/aromatic N) is 3. The van der Waals surface area contributed by atoms with E-state index in [1.165, 1.54) is 0 Å². The van der Waals surface area contributed by atoms with Crippen molar-refractivity contribution in [1.29, 1.82) is 0 Å². The molecule has 0 unspecified atom stereocenters. The number of aliphatic hydroxyl groups excluding tert-OH is 2. The van der Waals surface area contributed by atoms with E-state index in [1.54, 1.807) is 107 Å². The lowest BCUT2D eigenvalue weighted by molar-refractivity contribution is 0.117. The second-order valence-corrected chi connectivity index (χ2v) is 29.3. The molecule has 0 saturated heterocycles. The summed E-state index contributed by atoms with van der Waals surface area (Å²) in [6, 6.07) is 3.91. The van der Waals surface area contributed by atoms with Gasteiger partial charge in [0.25, 0.3) is 0 Å². The van der Waals surface area contributed by atoms with Crippen LogP contribution in [0, 0.1) is 0 Å². The Morgan fingerprint density at radius 1 is 0.279 bits per heavy atom. The molecule has 0 heterocycles. The average Bonchev–Trinajstić information content (AvgIpc) is 3.29. The summed E-state index contributed by atoms with van der Waals surface area (Å²) in [5.74, 6) is 0. The molecule has 0 spiro atoms. The van der Waals surface area contributed by atoms with Crippen molar-refractivity contribution in [3.05, 3.63) is 0 Å². The standard InChI is InChI=1S/C14H35NO7Si2.C13H33NO6Si2.C9H23NO4Si/c1-17-23(18-2,19-3)13-7-9-15(11-12-16)10-8-14-24(20-4,21-5)22-6;1-14(10-8-12-21(15-2,16-3)17-4)11-9-13-22(18-5,19-6)20-7;1-10(7-8-11)6-5-9-15(12-2,13-3)14-4/h16H,7-14H2,1-6H3;8-13H2,1-7H3;11H,5-9H2,1-4H3. The molecule has 0 radical (unpaired) electrons. The number of likely N-dealkylation sites (N-methyl/N-ethyl adjacent to an activating group) is 1. The van der Waals surface area contributed by atoms with E-state index in [-0.39, 0.29) is 13.2 Å². The topological polar surface area (TPSA) is 189 Å². The van der Waals surface area contributed by atoms with E-state index < -0.39 is 44.0 Å². The van der Waals surface area contributed by atoms with E-state index in [4.69, 9.17) is 71.5 Å². The van der Waals surface area contributed by atoms with Gasteiger partial charge in [-0.3, -0.25) is 0 Å². The average molecular weight is 979 g/mol. The molecule has 0 bridgehead atoms. The third kappa shape index (κ3) is 27.5. The van der Waals surface area contributed by atoms with Crippen LogP contribution in [0.4, 0.5) is 0 Å². The summed E-state index contributed by atoms with van der Waals surface area (Å²) in [6.07, 6.45) is 4.64. The van der Waals surface area contributed by atoms with Crippen LogP contribution >= 0.6 is 0 Å². The van der Waals surface area contributed by atoms with Crippen LogP contribution < -0.4 is 0 Å². The molecular weight excluding hydrogens is 887 g/mol. The fraction of sp³-hybridized carbons (Fsp3) is 1.00. The Hall–Kier alpha value is 0.284. The molecule has 0 saturated carbocycles. The minimum absolute atomic E-state index is 0.128. The number of rotatable bonds is 39. The number of hydrogen-bond donors (Lipinski definition) is 2. The summed E-state index contributed by atoms with van der Waals surface area (Å²) in [4.78, 5) is 6.56. The van der Waals surface area contributed by atoms with Crippen LogP contribution in [0.1, 0.15) is 32.1 Å². The number of hydrogen-bond acceptors (Lipinski definition) is 20. The second-order valence-electron chi connectivity index (χ2n) is 13.9. The predicted molar refractivity (Wildman–Crippen MR) is 247 cm³/mol. The van der Waals surface area contributed by atoms with Gasteiger partial charge in [-0.1, -0.05) is 0 Å². The van der Waals surface area contributed by atoms with Gasteiger partial charge in [0.15, 0.2) is 0 Å². The molecule has 0 aliphatic rings. The predicted octanol–water partition coefficient (Wildman–Crippen LogP) is 2.45. The van der Waals surface area contributed by atoms with Crippen LogP contribution in [0.2, 0.25) is 30.2 Å². The van der Waals surface area contributed by atoms with E-state index in [1.807, 2.05) is 7.05 Å². The summed E-state index contributed by atoms with van der Waals surface area (Å²) in [5, 5.41) is 18.0. The molecule has 0 aliphatic carbocycles. The van der Waals surface area contributed by atoms with Crippen LogP contribution in [-0.4, -0.2) is 249 Å². The van der Waals surface area contributed by atoms with Crippen molar-refractivity contribution in [2.24, 2.45) is 0 Å². The summed E-state index contributed by atoms with van der Waals surface area (Å²) in [5.41, 5.74) is 0. The van der Waals surface area contributed by atoms with E-state index in [2.05, 4.69) is 21.7 Å². The summed E-state index contributed by atoms with van der Waals surface area (Å²) in [6.45, 7) is 6.16. The van der Waals surface area contributed by atoms with Gasteiger partial charge < -0.3 is 91.3 Å². The van der Waals surface area contributed by atoms with Crippen molar-refractivity contribution in [1.82, 2.24) is 14.7 Å². The van der Waals surface area contributed by atoms with Crippen molar-refractivity contribution in [2.45, 2.75) is 62.3 Å².